The molecule has 0 saturated carbocycles. The SMILES string of the molecule is O=C1NC2(CCC(=O)N(CC(=O)N3CCOCC3)CC2)Oc2ccccc21. The van der Waals surface area contributed by atoms with Crippen LogP contribution in [0.15, 0.2) is 24.3 Å². The summed E-state index contributed by atoms with van der Waals surface area (Å²) in [5, 5.41) is 2.93. The number of para-hydroxylation sites is 1. The van der Waals surface area contributed by atoms with Crippen molar-refractivity contribution < 1.29 is 23.9 Å². The molecule has 0 aromatic heterocycles. The lowest BCUT2D eigenvalue weighted by Gasteiger charge is -2.38. The molecule has 4 rings (SSSR count). The molecule has 0 bridgehead atoms. The monoisotopic (exact) mass is 373 g/mol. The molecular weight excluding hydrogens is 350 g/mol. The van der Waals surface area contributed by atoms with Gasteiger partial charge in [0.2, 0.25) is 11.8 Å². The minimum absolute atomic E-state index is 0.0550. The Kier molecular flexibility index (Phi) is 4.73. The topological polar surface area (TPSA) is 88.2 Å². The van der Waals surface area contributed by atoms with Crippen molar-refractivity contribution in [2.45, 2.75) is 25.0 Å². The number of likely N-dealkylation sites (tertiary alicyclic amines) is 1. The molecule has 1 N–H and O–H groups in total. The van der Waals surface area contributed by atoms with Gasteiger partial charge in [-0.3, -0.25) is 14.4 Å². The van der Waals surface area contributed by atoms with Gasteiger partial charge in [0.05, 0.1) is 25.3 Å². The predicted octanol–water partition coefficient (Wildman–Crippen LogP) is 0.376. The lowest BCUT2D eigenvalue weighted by atomic mass is 10.0. The van der Waals surface area contributed by atoms with Crippen LogP contribution in [-0.4, -0.2) is 72.6 Å². The first-order valence-corrected chi connectivity index (χ1v) is 9.30. The number of hydrogen-bond donors (Lipinski definition) is 1. The van der Waals surface area contributed by atoms with Gasteiger partial charge in [0, 0.05) is 38.9 Å². The van der Waals surface area contributed by atoms with Gasteiger partial charge in [-0.1, -0.05) is 12.1 Å². The van der Waals surface area contributed by atoms with E-state index in [9.17, 15) is 14.4 Å². The molecule has 0 aliphatic carbocycles. The van der Waals surface area contributed by atoms with E-state index in [1.54, 1.807) is 28.0 Å². The first-order chi connectivity index (χ1) is 13.1. The van der Waals surface area contributed by atoms with E-state index in [0.717, 1.165) is 0 Å². The van der Waals surface area contributed by atoms with Gasteiger partial charge in [0.25, 0.3) is 5.91 Å². The number of carbonyl (C=O) groups excluding carboxylic acids is 3. The number of hydrogen-bond acceptors (Lipinski definition) is 5. The van der Waals surface area contributed by atoms with Crippen molar-refractivity contribution in [3.05, 3.63) is 29.8 Å². The molecule has 1 aromatic carbocycles. The van der Waals surface area contributed by atoms with E-state index >= 15 is 0 Å². The Labute approximate surface area is 157 Å². The first kappa shape index (κ1) is 17.8. The number of morpholine rings is 1. The number of fused-ring (bicyclic) bond motifs is 1. The highest BCUT2D eigenvalue weighted by Crippen LogP contribution is 2.33. The zero-order valence-electron chi connectivity index (χ0n) is 15.1. The van der Waals surface area contributed by atoms with Crippen LogP contribution in [0.25, 0.3) is 0 Å². The second-order valence-electron chi connectivity index (χ2n) is 7.11. The highest BCUT2D eigenvalue weighted by Gasteiger charge is 2.42. The number of nitrogens with zero attached hydrogens (tertiary/aromatic N) is 2. The molecule has 2 saturated heterocycles. The van der Waals surface area contributed by atoms with Crippen molar-refractivity contribution in [2.24, 2.45) is 0 Å². The number of nitrogens with one attached hydrogen (secondary N) is 1. The summed E-state index contributed by atoms with van der Waals surface area (Å²) in [6, 6.07) is 7.09. The van der Waals surface area contributed by atoms with Crippen molar-refractivity contribution in [3.63, 3.8) is 0 Å². The molecule has 1 atom stereocenters. The lowest BCUT2D eigenvalue weighted by Crippen LogP contribution is -2.56. The van der Waals surface area contributed by atoms with Gasteiger partial charge in [0.15, 0.2) is 5.72 Å². The Bertz CT molecular complexity index is 761. The summed E-state index contributed by atoms with van der Waals surface area (Å²) >= 11 is 0. The van der Waals surface area contributed by atoms with Crippen molar-refractivity contribution in [1.29, 1.82) is 0 Å². The number of benzene rings is 1. The van der Waals surface area contributed by atoms with E-state index in [2.05, 4.69) is 5.32 Å². The molecule has 8 nitrogen and oxygen atoms in total. The molecule has 144 valence electrons. The molecule has 27 heavy (non-hydrogen) atoms. The van der Waals surface area contributed by atoms with Crippen LogP contribution in [0.1, 0.15) is 29.6 Å². The molecular formula is C19H23N3O5. The molecule has 1 unspecified atom stereocenters. The molecule has 8 heteroatoms. The minimum atomic E-state index is -0.905. The molecule has 0 radical (unpaired) electrons. The maximum atomic E-state index is 12.5. The first-order valence-electron chi connectivity index (χ1n) is 9.30. The Hall–Kier alpha value is -2.61. The van der Waals surface area contributed by atoms with E-state index in [0.29, 0.717) is 57.0 Å². The van der Waals surface area contributed by atoms with Crippen LogP contribution in [0, 0.1) is 0 Å². The van der Waals surface area contributed by atoms with E-state index in [1.165, 1.54) is 0 Å². The molecule has 3 aliphatic rings. The van der Waals surface area contributed by atoms with Crippen LogP contribution in [0.2, 0.25) is 0 Å². The van der Waals surface area contributed by atoms with E-state index in [-0.39, 0.29) is 30.7 Å². The van der Waals surface area contributed by atoms with Crippen LogP contribution in [0.5, 0.6) is 5.75 Å². The van der Waals surface area contributed by atoms with Crippen molar-refractivity contribution in [3.8, 4) is 5.75 Å². The molecule has 1 spiro atoms. The number of amides is 3. The van der Waals surface area contributed by atoms with Crippen LogP contribution in [-0.2, 0) is 14.3 Å². The second kappa shape index (κ2) is 7.19. The Morgan fingerprint density at radius 1 is 1.11 bits per heavy atom. The van der Waals surface area contributed by atoms with Crippen LogP contribution in [0.4, 0.5) is 0 Å². The zero-order valence-corrected chi connectivity index (χ0v) is 15.1. The lowest BCUT2D eigenvalue weighted by molar-refractivity contribution is -0.142. The number of ether oxygens (including phenoxy) is 2. The van der Waals surface area contributed by atoms with E-state index in [1.807, 2.05) is 6.07 Å². The van der Waals surface area contributed by atoms with Crippen molar-refractivity contribution in [1.82, 2.24) is 15.1 Å². The summed E-state index contributed by atoms with van der Waals surface area (Å²) in [5.41, 5.74) is -0.407. The van der Waals surface area contributed by atoms with Crippen LogP contribution < -0.4 is 10.1 Å². The third-order valence-electron chi connectivity index (χ3n) is 5.35. The van der Waals surface area contributed by atoms with Gasteiger partial charge < -0.3 is 24.6 Å². The maximum Gasteiger partial charge on any atom is 0.258 e. The van der Waals surface area contributed by atoms with Crippen LogP contribution in [0.3, 0.4) is 0 Å². The summed E-state index contributed by atoms with van der Waals surface area (Å²) in [4.78, 5) is 40.8. The Balaban J connectivity index is 1.44. The Morgan fingerprint density at radius 2 is 1.89 bits per heavy atom. The van der Waals surface area contributed by atoms with Crippen molar-refractivity contribution >= 4 is 17.7 Å². The molecule has 3 aliphatic heterocycles. The fourth-order valence-corrected chi connectivity index (χ4v) is 3.76. The molecule has 2 fully saturated rings. The second-order valence-corrected chi connectivity index (χ2v) is 7.11. The highest BCUT2D eigenvalue weighted by molar-refractivity contribution is 5.98. The fraction of sp³-hybridized carbons (Fsp3) is 0.526. The largest absolute Gasteiger partial charge is 0.467 e. The van der Waals surface area contributed by atoms with Crippen LogP contribution >= 0.6 is 0 Å². The summed E-state index contributed by atoms with van der Waals surface area (Å²) in [7, 11) is 0. The summed E-state index contributed by atoms with van der Waals surface area (Å²) in [6.45, 7) is 2.59. The highest BCUT2D eigenvalue weighted by atomic mass is 16.5. The standard InChI is InChI=1S/C19H23N3O5/c23-16-5-6-19(20-18(25)14-3-1-2-4-15(14)27-19)7-8-22(16)13-17(24)21-9-11-26-12-10-21/h1-4H,5-13H2,(H,20,25). The summed E-state index contributed by atoms with van der Waals surface area (Å²) in [6.07, 6.45) is 1.04. The van der Waals surface area contributed by atoms with Gasteiger partial charge in [-0.15, -0.1) is 0 Å². The molecule has 3 amide bonds. The van der Waals surface area contributed by atoms with Gasteiger partial charge in [-0.2, -0.15) is 0 Å². The average Bonchev–Trinajstić information content (AvgIpc) is 2.83. The van der Waals surface area contributed by atoms with Gasteiger partial charge in [-0.05, 0) is 12.1 Å². The molecule has 3 heterocycles. The quantitative estimate of drug-likeness (QED) is 0.810. The third kappa shape index (κ3) is 3.62. The zero-order chi connectivity index (χ0) is 18.9. The summed E-state index contributed by atoms with van der Waals surface area (Å²) in [5.74, 6) is 0.181. The third-order valence-corrected chi connectivity index (χ3v) is 5.35. The van der Waals surface area contributed by atoms with Gasteiger partial charge in [0.1, 0.15) is 5.75 Å². The minimum Gasteiger partial charge on any atom is -0.467 e. The normalized spacial score (nSPS) is 25.5. The fourth-order valence-electron chi connectivity index (χ4n) is 3.76. The average molecular weight is 373 g/mol. The van der Waals surface area contributed by atoms with Gasteiger partial charge in [-0.25, -0.2) is 0 Å². The number of carbonyl (C=O) groups is 3. The number of rotatable bonds is 2. The van der Waals surface area contributed by atoms with E-state index < -0.39 is 5.72 Å². The van der Waals surface area contributed by atoms with Gasteiger partial charge >= 0.3 is 0 Å². The maximum absolute atomic E-state index is 12.5. The summed E-state index contributed by atoms with van der Waals surface area (Å²) < 4.78 is 11.4. The van der Waals surface area contributed by atoms with Crippen molar-refractivity contribution in [2.75, 3.05) is 39.4 Å². The van der Waals surface area contributed by atoms with E-state index in [4.69, 9.17) is 9.47 Å². The predicted molar refractivity (Wildman–Crippen MR) is 95.1 cm³/mol. The Morgan fingerprint density at radius 3 is 2.70 bits per heavy atom. The molecule has 1 aromatic rings. The smallest absolute Gasteiger partial charge is 0.258 e.